The number of carbonyl (C=O) groups is 2. The molecule has 0 aromatic rings. The number of hydrogen-bond acceptors (Lipinski definition) is 7. The lowest BCUT2D eigenvalue weighted by atomic mass is 9.82. The van der Waals surface area contributed by atoms with E-state index in [9.17, 15) is 19.8 Å². The van der Waals surface area contributed by atoms with Crippen molar-refractivity contribution in [3.8, 4) is 0 Å². The van der Waals surface area contributed by atoms with E-state index in [4.69, 9.17) is 20.1 Å². The zero-order valence-corrected chi connectivity index (χ0v) is 23.3. The molecule has 2 unspecified atom stereocenters. The second kappa shape index (κ2) is 19.0. The van der Waals surface area contributed by atoms with Crippen LogP contribution in [0.1, 0.15) is 94.9 Å². The van der Waals surface area contributed by atoms with E-state index >= 15 is 0 Å². The minimum absolute atomic E-state index is 0.0341. The van der Waals surface area contributed by atoms with Crippen molar-refractivity contribution in [2.75, 3.05) is 19.8 Å². The van der Waals surface area contributed by atoms with Gasteiger partial charge in [0.2, 0.25) is 0 Å². The molecule has 8 heteroatoms. The molecule has 0 heterocycles. The Bertz CT molecular complexity index is 501. The molecule has 0 aliphatic heterocycles. The number of aliphatic hydroxyl groups excluding tert-OH is 4. The molecule has 34 heavy (non-hydrogen) atoms. The Hall–Kier alpha value is -1.22. The number of carboxylic acid groups (broad SMARTS) is 1. The standard InChI is InChI=1S/C10H18O4.2C8H18O2/c1-8(2)7-14-10(13)6-4-3-5-9(11)12;2*1-6(2)7(10)8(3,4)5-9/h8H,3-7H2,1-2H3,(H,11,12);2*6-7,9-10H,5H2,1-4H3. The molecule has 0 aromatic heterocycles. The topological polar surface area (TPSA) is 145 Å². The van der Waals surface area contributed by atoms with E-state index in [-0.39, 0.29) is 48.3 Å². The van der Waals surface area contributed by atoms with Gasteiger partial charge in [-0.1, -0.05) is 69.2 Å². The van der Waals surface area contributed by atoms with Crippen LogP contribution in [0.3, 0.4) is 0 Å². The van der Waals surface area contributed by atoms with Gasteiger partial charge in [0.25, 0.3) is 0 Å². The van der Waals surface area contributed by atoms with Gasteiger partial charge in [-0.3, -0.25) is 9.59 Å². The molecule has 0 bridgehead atoms. The molecular weight excluding hydrogens is 440 g/mol. The predicted molar refractivity (Wildman–Crippen MR) is 135 cm³/mol. The Balaban J connectivity index is -0.000000434. The molecule has 0 spiro atoms. The summed E-state index contributed by atoms with van der Waals surface area (Å²) in [7, 11) is 0. The first-order chi connectivity index (χ1) is 15.3. The van der Waals surface area contributed by atoms with Crippen molar-refractivity contribution in [2.45, 2.75) is 107 Å². The summed E-state index contributed by atoms with van der Waals surface area (Å²) < 4.78 is 4.92. The van der Waals surface area contributed by atoms with Gasteiger partial charge in [0.15, 0.2) is 0 Å². The monoisotopic (exact) mass is 494 g/mol. The van der Waals surface area contributed by atoms with Crippen LogP contribution in [0.15, 0.2) is 0 Å². The second-order valence-corrected chi connectivity index (χ2v) is 11.3. The van der Waals surface area contributed by atoms with Crippen LogP contribution in [-0.4, -0.2) is 69.5 Å². The molecule has 206 valence electrons. The first-order valence-electron chi connectivity index (χ1n) is 12.3. The predicted octanol–water partition coefficient (Wildman–Crippen LogP) is 3.87. The highest BCUT2D eigenvalue weighted by Crippen LogP contribution is 2.25. The number of hydrogen-bond donors (Lipinski definition) is 5. The molecular formula is C26H54O8. The molecule has 0 aromatic carbocycles. The fraction of sp³-hybridized carbons (Fsp3) is 0.923. The lowest BCUT2D eigenvalue weighted by Gasteiger charge is -2.30. The normalized spacial score (nSPS) is 13.6. The minimum atomic E-state index is -0.819. The summed E-state index contributed by atoms with van der Waals surface area (Å²) in [5, 5.41) is 45.0. The van der Waals surface area contributed by atoms with E-state index in [1.165, 1.54) is 0 Å². The van der Waals surface area contributed by atoms with E-state index < -0.39 is 18.2 Å². The third kappa shape index (κ3) is 20.2. The number of ether oxygens (including phenoxy) is 1. The van der Waals surface area contributed by atoms with Gasteiger partial charge >= 0.3 is 11.9 Å². The van der Waals surface area contributed by atoms with Crippen LogP contribution in [0.4, 0.5) is 0 Å². The fourth-order valence-electron chi connectivity index (χ4n) is 2.87. The second-order valence-electron chi connectivity index (χ2n) is 11.3. The van der Waals surface area contributed by atoms with E-state index in [1.807, 2.05) is 69.2 Å². The highest BCUT2D eigenvalue weighted by molar-refractivity contribution is 5.69. The van der Waals surface area contributed by atoms with E-state index in [2.05, 4.69) is 0 Å². The highest BCUT2D eigenvalue weighted by atomic mass is 16.5. The first kappa shape index (κ1) is 37.3. The Morgan fingerprint density at radius 1 is 0.735 bits per heavy atom. The van der Waals surface area contributed by atoms with Crippen LogP contribution < -0.4 is 0 Å². The largest absolute Gasteiger partial charge is 0.481 e. The lowest BCUT2D eigenvalue weighted by Crippen LogP contribution is -2.36. The molecule has 0 saturated carbocycles. The van der Waals surface area contributed by atoms with Gasteiger partial charge < -0.3 is 30.3 Å². The number of aliphatic hydroxyl groups is 4. The number of esters is 1. The van der Waals surface area contributed by atoms with E-state index in [0.717, 1.165) is 0 Å². The highest BCUT2D eigenvalue weighted by Gasteiger charge is 2.29. The molecule has 0 aliphatic carbocycles. The van der Waals surface area contributed by atoms with Crippen LogP contribution in [0.25, 0.3) is 0 Å². The molecule has 0 aliphatic rings. The maximum absolute atomic E-state index is 11.0. The van der Waals surface area contributed by atoms with Gasteiger partial charge in [-0.15, -0.1) is 0 Å². The van der Waals surface area contributed by atoms with Gasteiger partial charge in [0.05, 0.1) is 32.0 Å². The van der Waals surface area contributed by atoms with Crippen molar-refractivity contribution < 1.29 is 39.9 Å². The smallest absolute Gasteiger partial charge is 0.305 e. The Morgan fingerprint density at radius 2 is 1.09 bits per heavy atom. The summed E-state index contributed by atoms with van der Waals surface area (Å²) in [6.07, 6.45) is 0.724. The van der Waals surface area contributed by atoms with Crippen LogP contribution in [0, 0.1) is 28.6 Å². The lowest BCUT2D eigenvalue weighted by molar-refractivity contribution is -0.145. The molecule has 8 nitrogen and oxygen atoms in total. The quantitative estimate of drug-likeness (QED) is 0.192. The van der Waals surface area contributed by atoms with Crippen molar-refractivity contribution >= 4 is 11.9 Å². The summed E-state index contributed by atoms with van der Waals surface area (Å²) in [5.74, 6) is -0.285. The summed E-state index contributed by atoms with van der Waals surface area (Å²) in [5.41, 5.74) is -0.734. The third-order valence-corrected chi connectivity index (χ3v) is 5.28. The summed E-state index contributed by atoms with van der Waals surface area (Å²) in [6, 6.07) is 0. The van der Waals surface area contributed by atoms with Gasteiger partial charge in [0, 0.05) is 23.7 Å². The van der Waals surface area contributed by atoms with Crippen molar-refractivity contribution in [1.82, 2.24) is 0 Å². The average molecular weight is 495 g/mol. The van der Waals surface area contributed by atoms with Gasteiger partial charge in [-0.05, 0) is 30.6 Å². The number of rotatable bonds is 13. The van der Waals surface area contributed by atoms with Crippen LogP contribution >= 0.6 is 0 Å². The Labute approximate surface area is 207 Å². The van der Waals surface area contributed by atoms with Gasteiger partial charge in [0.1, 0.15) is 0 Å². The summed E-state index contributed by atoms with van der Waals surface area (Å²) in [4.78, 5) is 21.2. The number of unbranched alkanes of at least 4 members (excludes halogenated alkanes) is 1. The van der Waals surface area contributed by atoms with Crippen LogP contribution in [-0.2, 0) is 14.3 Å². The molecule has 0 saturated heterocycles. The number of carboxylic acids is 1. The zero-order chi connectivity index (χ0) is 27.7. The third-order valence-electron chi connectivity index (χ3n) is 5.28. The maximum atomic E-state index is 11.0. The van der Waals surface area contributed by atoms with Crippen molar-refractivity contribution in [1.29, 1.82) is 0 Å². The molecule has 2 atom stereocenters. The molecule has 5 N–H and O–H groups in total. The fourth-order valence-corrected chi connectivity index (χ4v) is 2.87. The molecule has 0 amide bonds. The number of carbonyl (C=O) groups excluding carboxylic acids is 1. The maximum Gasteiger partial charge on any atom is 0.305 e. The summed E-state index contributed by atoms with van der Waals surface area (Å²) in [6.45, 7) is 19.7. The molecule has 0 fully saturated rings. The van der Waals surface area contributed by atoms with E-state index in [0.29, 0.717) is 31.8 Å². The van der Waals surface area contributed by atoms with Gasteiger partial charge in [-0.25, -0.2) is 0 Å². The Morgan fingerprint density at radius 3 is 1.32 bits per heavy atom. The van der Waals surface area contributed by atoms with Crippen LogP contribution in [0.5, 0.6) is 0 Å². The van der Waals surface area contributed by atoms with E-state index in [1.54, 1.807) is 0 Å². The Kier molecular flexibility index (Phi) is 20.9. The SMILES string of the molecule is CC(C)C(O)C(C)(C)CO.CC(C)C(O)C(C)(C)CO.CC(C)COC(=O)CCCCC(=O)O. The van der Waals surface area contributed by atoms with Crippen LogP contribution in [0.2, 0.25) is 0 Å². The van der Waals surface area contributed by atoms with Gasteiger partial charge in [-0.2, -0.15) is 0 Å². The van der Waals surface area contributed by atoms with Crippen molar-refractivity contribution in [3.63, 3.8) is 0 Å². The summed E-state index contributed by atoms with van der Waals surface area (Å²) >= 11 is 0. The van der Waals surface area contributed by atoms with Crippen molar-refractivity contribution in [3.05, 3.63) is 0 Å². The average Bonchev–Trinajstić information content (AvgIpc) is 2.74. The first-order valence-corrected chi connectivity index (χ1v) is 12.3. The number of aliphatic carboxylic acids is 1. The molecule has 0 radical (unpaired) electrons. The minimum Gasteiger partial charge on any atom is -0.481 e. The van der Waals surface area contributed by atoms with Crippen molar-refractivity contribution in [2.24, 2.45) is 28.6 Å². The zero-order valence-electron chi connectivity index (χ0n) is 23.3. The molecule has 0 rings (SSSR count).